The first kappa shape index (κ1) is 24.3. The summed E-state index contributed by atoms with van der Waals surface area (Å²) in [6.07, 6.45) is 0.684. The smallest absolute Gasteiger partial charge is 0.408 e. The highest BCUT2D eigenvalue weighted by atomic mass is 16.5. The summed E-state index contributed by atoms with van der Waals surface area (Å²) in [7, 11) is 0. The number of hydrogen-bond donors (Lipinski definition) is 3. The SMILES string of the molecule is CCOC(=O)C1(N)CCCC1C(=O)[C@H](C)NC(=O)[C@H](C)NC(=O)OCc1ccccc1. The number of carbonyl (C=O) groups excluding carboxylic acids is 4. The van der Waals surface area contributed by atoms with Crippen LogP contribution < -0.4 is 16.4 Å². The lowest BCUT2D eigenvalue weighted by molar-refractivity contribution is -0.153. The minimum Gasteiger partial charge on any atom is -0.465 e. The number of carbonyl (C=O) groups is 4. The largest absolute Gasteiger partial charge is 0.465 e. The molecule has 0 aliphatic heterocycles. The van der Waals surface area contributed by atoms with Crippen molar-refractivity contribution in [3.63, 3.8) is 0 Å². The number of nitrogens with one attached hydrogen (secondary N) is 2. The zero-order chi connectivity index (χ0) is 23.0. The maximum absolute atomic E-state index is 12.9. The van der Waals surface area contributed by atoms with Crippen molar-refractivity contribution in [2.75, 3.05) is 6.61 Å². The van der Waals surface area contributed by atoms with Gasteiger partial charge < -0.3 is 25.8 Å². The van der Waals surface area contributed by atoms with Crippen molar-refractivity contribution in [3.05, 3.63) is 35.9 Å². The number of benzene rings is 1. The Morgan fingerprint density at radius 2 is 1.77 bits per heavy atom. The van der Waals surface area contributed by atoms with Gasteiger partial charge in [0, 0.05) is 5.92 Å². The van der Waals surface area contributed by atoms with Gasteiger partial charge in [-0.3, -0.25) is 14.4 Å². The molecule has 2 unspecified atom stereocenters. The Morgan fingerprint density at radius 3 is 2.42 bits per heavy atom. The molecule has 0 saturated heterocycles. The van der Waals surface area contributed by atoms with Gasteiger partial charge in [0.05, 0.1) is 12.6 Å². The van der Waals surface area contributed by atoms with Gasteiger partial charge in [-0.2, -0.15) is 0 Å². The average molecular weight is 434 g/mol. The van der Waals surface area contributed by atoms with Crippen molar-refractivity contribution in [2.24, 2.45) is 11.7 Å². The summed E-state index contributed by atoms with van der Waals surface area (Å²) in [5, 5.41) is 5.01. The number of rotatable bonds is 9. The van der Waals surface area contributed by atoms with Crippen molar-refractivity contribution in [3.8, 4) is 0 Å². The summed E-state index contributed by atoms with van der Waals surface area (Å²) in [4.78, 5) is 49.5. The highest BCUT2D eigenvalue weighted by Crippen LogP contribution is 2.36. The van der Waals surface area contributed by atoms with E-state index in [0.717, 1.165) is 5.56 Å². The van der Waals surface area contributed by atoms with Gasteiger partial charge in [-0.1, -0.05) is 36.8 Å². The Balaban J connectivity index is 1.86. The van der Waals surface area contributed by atoms with Crippen LogP contribution in [0.1, 0.15) is 45.6 Å². The van der Waals surface area contributed by atoms with Gasteiger partial charge in [-0.25, -0.2) is 4.79 Å². The van der Waals surface area contributed by atoms with E-state index in [9.17, 15) is 19.2 Å². The second-order valence-electron chi connectivity index (χ2n) is 7.77. The van der Waals surface area contributed by atoms with Crippen molar-refractivity contribution in [1.82, 2.24) is 10.6 Å². The molecule has 0 radical (unpaired) electrons. The number of hydrogen-bond acceptors (Lipinski definition) is 7. The maximum Gasteiger partial charge on any atom is 0.408 e. The molecule has 0 aromatic heterocycles. The van der Waals surface area contributed by atoms with E-state index in [4.69, 9.17) is 15.2 Å². The minimum absolute atomic E-state index is 0.0734. The van der Waals surface area contributed by atoms with Crippen molar-refractivity contribution in [1.29, 1.82) is 0 Å². The fraction of sp³-hybridized carbons (Fsp3) is 0.545. The number of nitrogens with two attached hydrogens (primary N) is 1. The lowest BCUT2D eigenvalue weighted by Crippen LogP contribution is -2.58. The summed E-state index contributed by atoms with van der Waals surface area (Å²) < 4.78 is 10.1. The number of esters is 1. The van der Waals surface area contributed by atoms with Gasteiger partial charge >= 0.3 is 12.1 Å². The van der Waals surface area contributed by atoms with E-state index in [1.165, 1.54) is 13.8 Å². The van der Waals surface area contributed by atoms with Gasteiger partial charge in [0.15, 0.2) is 5.78 Å². The lowest BCUT2D eigenvalue weighted by Gasteiger charge is -2.30. The number of ketones is 1. The highest BCUT2D eigenvalue weighted by molar-refractivity contribution is 5.97. The molecule has 2 amide bonds. The van der Waals surface area contributed by atoms with Crippen molar-refractivity contribution < 1.29 is 28.7 Å². The summed E-state index contributed by atoms with van der Waals surface area (Å²) in [5.74, 6) is -2.21. The molecule has 1 saturated carbocycles. The molecular formula is C22H31N3O6. The standard InChI is InChI=1S/C22H31N3O6/c1-4-30-20(28)22(23)12-8-11-17(22)18(26)14(2)24-19(27)15(3)25-21(29)31-13-16-9-6-5-7-10-16/h5-7,9-10,14-15,17H,4,8,11-13,23H2,1-3H3,(H,24,27)(H,25,29)/t14-,15-,17?,22?/m0/s1. The summed E-state index contributed by atoms with van der Waals surface area (Å²) in [6.45, 7) is 4.94. The second kappa shape index (κ2) is 10.9. The van der Waals surface area contributed by atoms with Crippen LogP contribution in [-0.2, 0) is 30.5 Å². The molecule has 170 valence electrons. The quantitative estimate of drug-likeness (QED) is 0.501. The molecule has 1 aromatic rings. The van der Waals surface area contributed by atoms with Crippen LogP contribution in [0.4, 0.5) is 4.79 Å². The van der Waals surface area contributed by atoms with Gasteiger partial charge in [0.25, 0.3) is 0 Å². The van der Waals surface area contributed by atoms with E-state index < -0.39 is 41.5 Å². The van der Waals surface area contributed by atoms with Crippen LogP contribution in [-0.4, -0.2) is 48.0 Å². The molecule has 9 nitrogen and oxygen atoms in total. The summed E-state index contributed by atoms with van der Waals surface area (Å²) >= 11 is 0. The average Bonchev–Trinajstić information content (AvgIpc) is 3.15. The number of amides is 2. The molecule has 4 N–H and O–H groups in total. The second-order valence-corrected chi connectivity index (χ2v) is 7.77. The molecule has 1 aromatic carbocycles. The van der Waals surface area contributed by atoms with Crippen LogP contribution in [0.25, 0.3) is 0 Å². The van der Waals surface area contributed by atoms with E-state index >= 15 is 0 Å². The molecule has 1 aliphatic rings. The topological polar surface area (TPSA) is 137 Å². The molecule has 1 aliphatic carbocycles. The Kier molecular flexibility index (Phi) is 8.56. The number of alkyl carbamates (subject to hydrolysis) is 1. The molecule has 0 spiro atoms. The molecule has 0 bridgehead atoms. The number of ether oxygens (including phenoxy) is 2. The first-order valence-corrected chi connectivity index (χ1v) is 10.5. The molecule has 4 atom stereocenters. The van der Waals surface area contributed by atoms with Crippen LogP contribution in [0, 0.1) is 5.92 Å². The number of Topliss-reactive ketones (excluding diaryl/α,β-unsaturated/α-hetero) is 1. The monoisotopic (exact) mass is 433 g/mol. The molecule has 2 rings (SSSR count). The Bertz CT molecular complexity index is 800. The molecule has 0 heterocycles. The maximum atomic E-state index is 12.9. The van der Waals surface area contributed by atoms with Gasteiger partial charge in [-0.15, -0.1) is 0 Å². The van der Waals surface area contributed by atoms with Gasteiger partial charge in [0.1, 0.15) is 18.2 Å². The fourth-order valence-electron chi connectivity index (χ4n) is 3.65. The van der Waals surface area contributed by atoms with Crippen LogP contribution in [0.15, 0.2) is 30.3 Å². The van der Waals surface area contributed by atoms with Crippen molar-refractivity contribution in [2.45, 2.75) is 64.3 Å². The molecular weight excluding hydrogens is 402 g/mol. The fourth-order valence-corrected chi connectivity index (χ4v) is 3.65. The third-order valence-electron chi connectivity index (χ3n) is 5.43. The molecule has 1 fully saturated rings. The van der Waals surface area contributed by atoms with E-state index in [2.05, 4.69) is 10.6 Å². The molecule has 9 heteroatoms. The Labute approximate surface area is 182 Å². The predicted molar refractivity (Wildman–Crippen MR) is 113 cm³/mol. The molecule has 31 heavy (non-hydrogen) atoms. The van der Waals surface area contributed by atoms with Gasteiger partial charge in [-0.05, 0) is 39.2 Å². The summed E-state index contributed by atoms with van der Waals surface area (Å²) in [6, 6.07) is 7.33. The Morgan fingerprint density at radius 1 is 1.10 bits per heavy atom. The van der Waals surface area contributed by atoms with Crippen LogP contribution >= 0.6 is 0 Å². The zero-order valence-electron chi connectivity index (χ0n) is 18.2. The third-order valence-corrected chi connectivity index (χ3v) is 5.43. The van der Waals surface area contributed by atoms with E-state index in [1.807, 2.05) is 30.3 Å². The summed E-state index contributed by atoms with van der Waals surface area (Å²) in [5.41, 5.74) is 5.67. The first-order valence-electron chi connectivity index (χ1n) is 10.5. The van der Waals surface area contributed by atoms with Crippen molar-refractivity contribution >= 4 is 23.8 Å². The zero-order valence-corrected chi connectivity index (χ0v) is 18.2. The first-order chi connectivity index (χ1) is 14.7. The van der Waals surface area contributed by atoms with Gasteiger partial charge in [0.2, 0.25) is 5.91 Å². The Hall–Kier alpha value is -2.94. The van der Waals surface area contributed by atoms with E-state index in [0.29, 0.717) is 19.3 Å². The van der Waals surface area contributed by atoms with Crippen LogP contribution in [0.2, 0.25) is 0 Å². The third kappa shape index (κ3) is 6.27. The normalized spacial score (nSPS) is 22.1. The lowest BCUT2D eigenvalue weighted by atomic mass is 9.82. The highest BCUT2D eigenvalue weighted by Gasteiger charge is 2.51. The predicted octanol–water partition coefficient (Wildman–Crippen LogP) is 1.44. The minimum atomic E-state index is -1.38. The van der Waals surface area contributed by atoms with E-state index in [1.54, 1.807) is 6.92 Å². The van der Waals surface area contributed by atoms with Crippen LogP contribution in [0.3, 0.4) is 0 Å². The van der Waals surface area contributed by atoms with E-state index in [-0.39, 0.29) is 19.0 Å². The van der Waals surface area contributed by atoms with Crippen LogP contribution in [0.5, 0.6) is 0 Å².